The molecule has 1 aromatic heterocycles. The van der Waals surface area contributed by atoms with Crippen LogP contribution in [-0.2, 0) is 4.79 Å². The summed E-state index contributed by atoms with van der Waals surface area (Å²) in [5, 5.41) is 10.4. The van der Waals surface area contributed by atoms with Gasteiger partial charge in [0.2, 0.25) is 5.91 Å². The standard InChI is InChI=1S/C18H19N3O2S2/c1-2-10-19-17(23)13-5-3-6-14(12-13)20-18(24)21-16(22)9-8-15-7-4-11-25-15/h3-9,11-12H,2,10H2,1H3,(H,19,23)(H2,20,21,22,24)/b9-8+. The highest BCUT2D eigenvalue weighted by Crippen LogP contribution is 2.11. The van der Waals surface area contributed by atoms with Crippen molar-refractivity contribution in [2.24, 2.45) is 0 Å². The van der Waals surface area contributed by atoms with E-state index in [0.29, 0.717) is 17.8 Å². The van der Waals surface area contributed by atoms with E-state index < -0.39 is 0 Å². The van der Waals surface area contributed by atoms with E-state index in [-0.39, 0.29) is 16.9 Å². The van der Waals surface area contributed by atoms with Gasteiger partial charge in [0.15, 0.2) is 5.11 Å². The molecule has 0 aliphatic rings. The number of hydrogen-bond acceptors (Lipinski definition) is 4. The summed E-state index contributed by atoms with van der Waals surface area (Å²) in [5.41, 5.74) is 1.17. The van der Waals surface area contributed by atoms with E-state index in [2.05, 4.69) is 16.0 Å². The minimum atomic E-state index is -0.317. The Bertz CT molecular complexity index is 770. The van der Waals surface area contributed by atoms with Gasteiger partial charge in [-0.05, 0) is 54.4 Å². The number of thiocarbonyl (C=S) groups is 1. The van der Waals surface area contributed by atoms with Gasteiger partial charge in [-0.1, -0.05) is 19.1 Å². The maximum atomic E-state index is 12.0. The molecule has 2 amide bonds. The number of thiophene rings is 1. The number of hydrogen-bond donors (Lipinski definition) is 3. The van der Waals surface area contributed by atoms with E-state index in [1.807, 2.05) is 24.4 Å². The van der Waals surface area contributed by atoms with E-state index in [1.165, 1.54) is 6.08 Å². The molecule has 0 saturated heterocycles. The molecule has 2 rings (SSSR count). The molecule has 7 heteroatoms. The van der Waals surface area contributed by atoms with Crippen molar-refractivity contribution in [3.05, 3.63) is 58.3 Å². The molecular weight excluding hydrogens is 354 g/mol. The van der Waals surface area contributed by atoms with Gasteiger partial charge in [0, 0.05) is 28.7 Å². The summed E-state index contributed by atoms with van der Waals surface area (Å²) in [6, 6.07) is 10.8. The first-order chi connectivity index (χ1) is 12.1. The van der Waals surface area contributed by atoms with E-state index in [9.17, 15) is 9.59 Å². The summed E-state index contributed by atoms with van der Waals surface area (Å²) in [5.74, 6) is -0.456. The number of carbonyl (C=O) groups excluding carboxylic acids is 2. The molecule has 0 aliphatic carbocycles. The molecule has 0 aliphatic heterocycles. The quantitative estimate of drug-likeness (QED) is 0.536. The molecule has 25 heavy (non-hydrogen) atoms. The van der Waals surface area contributed by atoms with Gasteiger partial charge in [-0.25, -0.2) is 0 Å². The number of amides is 2. The Labute approximate surface area is 156 Å². The second kappa shape index (κ2) is 9.71. The Morgan fingerprint density at radius 2 is 2.08 bits per heavy atom. The predicted molar refractivity (Wildman–Crippen MR) is 107 cm³/mol. The summed E-state index contributed by atoms with van der Waals surface area (Å²) in [7, 11) is 0. The maximum absolute atomic E-state index is 12.0. The van der Waals surface area contributed by atoms with Crippen molar-refractivity contribution < 1.29 is 9.59 Å². The van der Waals surface area contributed by atoms with E-state index in [0.717, 1.165) is 11.3 Å². The van der Waals surface area contributed by atoms with Crippen molar-refractivity contribution in [1.82, 2.24) is 10.6 Å². The SMILES string of the molecule is CCCNC(=O)c1cccc(NC(=S)NC(=O)/C=C/c2cccs2)c1. The van der Waals surface area contributed by atoms with Crippen molar-refractivity contribution in [2.75, 3.05) is 11.9 Å². The normalized spacial score (nSPS) is 10.4. The zero-order valence-corrected chi connectivity index (χ0v) is 15.4. The maximum Gasteiger partial charge on any atom is 0.251 e. The Kier molecular flexibility index (Phi) is 7.31. The van der Waals surface area contributed by atoms with Crippen LogP contribution in [0.2, 0.25) is 0 Å². The van der Waals surface area contributed by atoms with Crippen molar-refractivity contribution >= 4 is 52.2 Å². The number of benzene rings is 1. The Morgan fingerprint density at radius 1 is 1.24 bits per heavy atom. The summed E-state index contributed by atoms with van der Waals surface area (Å²) in [6.45, 7) is 2.62. The second-order valence-corrected chi connectivity index (χ2v) is 6.52. The molecule has 0 bridgehead atoms. The Morgan fingerprint density at radius 3 is 2.80 bits per heavy atom. The van der Waals surface area contributed by atoms with Gasteiger partial charge in [-0.15, -0.1) is 11.3 Å². The van der Waals surface area contributed by atoms with Crippen molar-refractivity contribution in [3.8, 4) is 0 Å². The third kappa shape index (κ3) is 6.48. The number of carbonyl (C=O) groups is 2. The van der Waals surface area contributed by atoms with Crippen LogP contribution in [0.1, 0.15) is 28.6 Å². The van der Waals surface area contributed by atoms with Crippen LogP contribution in [0.4, 0.5) is 5.69 Å². The molecule has 1 heterocycles. The third-order valence-corrected chi connectivity index (χ3v) is 4.14. The average molecular weight is 374 g/mol. The molecule has 130 valence electrons. The van der Waals surface area contributed by atoms with Crippen LogP contribution in [0.25, 0.3) is 6.08 Å². The summed E-state index contributed by atoms with van der Waals surface area (Å²) >= 11 is 6.67. The van der Waals surface area contributed by atoms with Crippen LogP contribution in [-0.4, -0.2) is 23.5 Å². The zero-order chi connectivity index (χ0) is 18.1. The molecule has 0 atom stereocenters. The van der Waals surface area contributed by atoms with E-state index in [4.69, 9.17) is 12.2 Å². The van der Waals surface area contributed by atoms with Crippen LogP contribution in [0.3, 0.4) is 0 Å². The van der Waals surface area contributed by atoms with Gasteiger partial charge in [0.05, 0.1) is 0 Å². The first kappa shape index (κ1) is 18.8. The molecule has 0 spiro atoms. The van der Waals surface area contributed by atoms with E-state index in [1.54, 1.807) is 41.7 Å². The lowest BCUT2D eigenvalue weighted by Crippen LogP contribution is -2.33. The fourth-order valence-corrected chi connectivity index (χ4v) is 2.78. The van der Waals surface area contributed by atoms with Crippen LogP contribution in [0, 0.1) is 0 Å². The van der Waals surface area contributed by atoms with Crippen molar-refractivity contribution in [1.29, 1.82) is 0 Å². The Balaban J connectivity index is 1.89. The van der Waals surface area contributed by atoms with Gasteiger partial charge < -0.3 is 10.6 Å². The van der Waals surface area contributed by atoms with Crippen molar-refractivity contribution in [3.63, 3.8) is 0 Å². The fourth-order valence-electron chi connectivity index (χ4n) is 1.94. The number of anilines is 1. The minimum absolute atomic E-state index is 0.140. The summed E-state index contributed by atoms with van der Waals surface area (Å²) in [4.78, 5) is 24.8. The van der Waals surface area contributed by atoms with Gasteiger partial charge >= 0.3 is 0 Å². The highest BCUT2D eigenvalue weighted by atomic mass is 32.1. The zero-order valence-electron chi connectivity index (χ0n) is 13.7. The smallest absolute Gasteiger partial charge is 0.251 e. The molecular formula is C18H19N3O2S2. The van der Waals surface area contributed by atoms with Gasteiger partial charge in [-0.2, -0.15) is 0 Å². The molecule has 0 fully saturated rings. The molecule has 2 aromatic rings. The first-order valence-corrected chi connectivity index (χ1v) is 9.09. The van der Waals surface area contributed by atoms with Crippen LogP contribution in [0.5, 0.6) is 0 Å². The van der Waals surface area contributed by atoms with Crippen LogP contribution >= 0.6 is 23.6 Å². The molecule has 5 nitrogen and oxygen atoms in total. The van der Waals surface area contributed by atoms with Crippen LogP contribution in [0.15, 0.2) is 47.9 Å². The second-order valence-electron chi connectivity index (χ2n) is 5.13. The lowest BCUT2D eigenvalue weighted by Gasteiger charge is -2.10. The van der Waals surface area contributed by atoms with E-state index >= 15 is 0 Å². The summed E-state index contributed by atoms with van der Waals surface area (Å²) < 4.78 is 0. The van der Waals surface area contributed by atoms with Gasteiger partial charge in [0.25, 0.3) is 5.91 Å². The third-order valence-electron chi connectivity index (χ3n) is 3.10. The summed E-state index contributed by atoms with van der Waals surface area (Å²) in [6.07, 6.45) is 4.02. The predicted octanol–water partition coefficient (Wildman–Crippen LogP) is 3.41. The molecule has 0 unspecified atom stereocenters. The highest BCUT2D eigenvalue weighted by Gasteiger charge is 2.07. The minimum Gasteiger partial charge on any atom is -0.352 e. The highest BCUT2D eigenvalue weighted by molar-refractivity contribution is 7.80. The number of rotatable bonds is 6. The molecule has 3 N–H and O–H groups in total. The van der Waals surface area contributed by atoms with Gasteiger partial charge in [0.1, 0.15) is 0 Å². The monoisotopic (exact) mass is 373 g/mol. The average Bonchev–Trinajstić information content (AvgIpc) is 3.11. The molecule has 1 aromatic carbocycles. The largest absolute Gasteiger partial charge is 0.352 e. The topological polar surface area (TPSA) is 70.2 Å². The number of nitrogens with one attached hydrogen (secondary N) is 3. The Hall–Kier alpha value is -2.51. The lowest BCUT2D eigenvalue weighted by atomic mass is 10.2. The van der Waals surface area contributed by atoms with Gasteiger partial charge in [-0.3, -0.25) is 14.9 Å². The van der Waals surface area contributed by atoms with Crippen LogP contribution < -0.4 is 16.0 Å². The van der Waals surface area contributed by atoms with Crippen molar-refractivity contribution in [2.45, 2.75) is 13.3 Å². The fraction of sp³-hybridized carbons (Fsp3) is 0.167. The first-order valence-electron chi connectivity index (χ1n) is 7.80. The molecule has 0 saturated carbocycles. The molecule has 0 radical (unpaired) electrons. The lowest BCUT2D eigenvalue weighted by molar-refractivity contribution is -0.115.